The number of esters is 3. The lowest BCUT2D eigenvalue weighted by molar-refractivity contribution is -0.167. The molecule has 0 aromatic carbocycles. The first-order valence-electron chi connectivity index (χ1n) is 29.0. The monoisotopic (exact) mass is 949 g/mol. The molecule has 6 nitrogen and oxygen atoms in total. The summed E-state index contributed by atoms with van der Waals surface area (Å²) in [6.45, 7) is 6.50. The second-order valence-corrected chi connectivity index (χ2v) is 19.2. The first-order valence-corrected chi connectivity index (χ1v) is 29.0. The summed E-state index contributed by atoms with van der Waals surface area (Å²) in [4.78, 5) is 38.1. The number of allylic oxidation sites excluding steroid dienone is 12. The van der Waals surface area contributed by atoms with Crippen molar-refractivity contribution in [2.45, 2.75) is 290 Å². The zero-order valence-corrected chi connectivity index (χ0v) is 44.9. The van der Waals surface area contributed by atoms with E-state index in [1.165, 1.54) is 122 Å². The Bertz CT molecular complexity index is 1270. The van der Waals surface area contributed by atoms with Gasteiger partial charge in [0.1, 0.15) is 13.2 Å². The second-order valence-electron chi connectivity index (χ2n) is 19.2. The van der Waals surface area contributed by atoms with Crippen molar-refractivity contribution in [1.29, 1.82) is 0 Å². The van der Waals surface area contributed by atoms with Gasteiger partial charge in [-0.15, -0.1) is 0 Å². The van der Waals surface area contributed by atoms with Gasteiger partial charge in [-0.2, -0.15) is 0 Å². The second kappa shape index (κ2) is 56.4. The van der Waals surface area contributed by atoms with Gasteiger partial charge in [0.05, 0.1) is 0 Å². The highest BCUT2D eigenvalue weighted by Crippen LogP contribution is 2.15. The minimum Gasteiger partial charge on any atom is -0.462 e. The van der Waals surface area contributed by atoms with Gasteiger partial charge in [-0.05, 0) is 103 Å². The van der Waals surface area contributed by atoms with Crippen LogP contribution in [0.3, 0.4) is 0 Å². The molecular formula is C62H108O6. The van der Waals surface area contributed by atoms with Crippen LogP contribution in [0.25, 0.3) is 0 Å². The van der Waals surface area contributed by atoms with Crippen LogP contribution < -0.4 is 0 Å². The van der Waals surface area contributed by atoms with E-state index in [1.54, 1.807) is 0 Å². The average Bonchev–Trinajstić information content (AvgIpc) is 3.34. The molecule has 6 heteroatoms. The SMILES string of the molecule is CC/C=C\C/C=C\C/C=C\CCCCCCC(=O)OCC(COC(=O)CCCCCCC/C=C\C=C/CCCCCCCCC)OC(=O)CCCCCCC/C=C\CCCCCCCCCCC. The highest BCUT2D eigenvalue weighted by Gasteiger charge is 2.19. The highest BCUT2D eigenvalue weighted by atomic mass is 16.6. The Morgan fingerprint density at radius 3 is 1.00 bits per heavy atom. The van der Waals surface area contributed by atoms with Gasteiger partial charge >= 0.3 is 17.9 Å². The lowest BCUT2D eigenvalue weighted by Gasteiger charge is -2.18. The number of hydrogen-bond acceptors (Lipinski definition) is 6. The van der Waals surface area contributed by atoms with Gasteiger partial charge in [-0.1, -0.05) is 235 Å². The minimum atomic E-state index is -0.796. The molecule has 68 heavy (non-hydrogen) atoms. The van der Waals surface area contributed by atoms with Crippen LogP contribution in [-0.2, 0) is 28.6 Å². The number of unbranched alkanes of at least 4 members (excludes halogenated alkanes) is 30. The summed E-state index contributed by atoms with van der Waals surface area (Å²) in [6.07, 6.45) is 71.8. The fourth-order valence-corrected chi connectivity index (χ4v) is 8.09. The molecule has 0 heterocycles. The third-order valence-corrected chi connectivity index (χ3v) is 12.4. The normalized spacial score (nSPS) is 12.6. The summed E-state index contributed by atoms with van der Waals surface area (Å²) in [5, 5.41) is 0. The molecule has 0 N–H and O–H groups in total. The summed E-state index contributed by atoms with van der Waals surface area (Å²) in [7, 11) is 0. The Labute approximate surface area is 421 Å². The largest absolute Gasteiger partial charge is 0.462 e. The molecule has 0 saturated heterocycles. The van der Waals surface area contributed by atoms with Gasteiger partial charge in [-0.3, -0.25) is 14.4 Å². The first-order chi connectivity index (χ1) is 33.5. The van der Waals surface area contributed by atoms with E-state index in [2.05, 4.69) is 93.7 Å². The summed E-state index contributed by atoms with van der Waals surface area (Å²) in [6, 6.07) is 0. The predicted molar refractivity (Wildman–Crippen MR) is 293 cm³/mol. The van der Waals surface area contributed by atoms with E-state index in [0.717, 1.165) is 122 Å². The van der Waals surface area contributed by atoms with Gasteiger partial charge in [0.25, 0.3) is 0 Å². The fourth-order valence-electron chi connectivity index (χ4n) is 8.09. The van der Waals surface area contributed by atoms with Crippen LogP contribution in [-0.4, -0.2) is 37.2 Å². The van der Waals surface area contributed by atoms with Crippen LogP contribution in [0.1, 0.15) is 284 Å². The Kier molecular flexibility index (Phi) is 53.8. The molecule has 0 aliphatic carbocycles. The van der Waals surface area contributed by atoms with Crippen molar-refractivity contribution in [3.05, 3.63) is 72.9 Å². The third kappa shape index (κ3) is 53.8. The van der Waals surface area contributed by atoms with Crippen molar-refractivity contribution in [1.82, 2.24) is 0 Å². The number of carbonyl (C=O) groups excluding carboxylic acids is 3. The molecule has 392 valence electrons. The number of hydrogen-bond donors (Lipinski definition) is 0. The smallest absolute Gasteiger partial charge is 0.306 e. The van der Waals surface area contributed by atoms with Gasteiger partial charge < -0.3 is 14.2 Å². The maximum absolute atomic E-state index is 12.9. The van der Waals surface area contributed by atoms with Crippen LogP contribution in [0.5, 0.6) is 0 Å². The topological polar surface area (TPSA) is 78.9 Å². The minimum absolute atomic E-state index is 0.0937. The standard InChI is InChI=1S/C62H108O6/c1-4-7-10-13-16-19-22-25-28-30-32-34-37-40-43-46-49-52-55-61(64)67-58-59(57-66-60(63)54-51-48-45-42-39-36-27-24-21-18-15-12-9-6-3)68-62(65)56-53-50-47-44-41-38-35-33-31-29-26-23-20-17-14-11-8-5-2/h9,12,18,21,27-28,30,32-36,59H,4-8,10-11,13-17,19-20,22-26,29,31,37-58H2,1-3H3/b12-9-,21-18-,30-28-,34-32-,35-33-,36-27-. The van der Waals surface area contributed by atoms with Crippen molar-refractivity contribution < 1.29 is 28.6 Å². The van der Waals surface area contributed by atoms with Crippen LogP contribution in [0.2, 0.25) is 0 Å². The van der Waals surface area contributed by atoms with Crippen molar-refractivity contribution in [3.63, 3.8) is 0 Å². The van der Waals surface area contributed by atoms with Gasteiger partial charge in [0, 0.05) is 19.3 Å². The summed E-state index contributed by atoms with van der Waals surface area (Å²) < 4.78 is 16.8. The van der Waals surface area contributed by atoms with E-state index in [-0.39, 0.29) is 31.1 Å². The van der Waals surface area contributed by atoms with Crippen molar-refractivity contribution in [2.24, 2.45) is 0 Å². The molecule has 0 radical (unpaired) electrons. The molecule has 0 aliphatic rings. The molecule has 0 rings (SSSR count). The number of carbonyl (C=O) groups is 3. The van der Waals surface area contributed by atoms with E-state index < -0.39 is 6.10 Å². The van der Waals surface area contributed by atoms with E-state index in [1.807, 2.05) is 0 Å². The third-order valence-electron chi connectivity index (χ3n) is 12.4. The summed E-state index contributed by atoms with van der Waals surface area (Å²) >= 11 is 0. The molecule has 0 aliphatic heterocycles. The lowest BCUT2D eigenvalue weighted by Crippen LogP contribution is -2.30. The Hall–Kier alpha value is -3.15. The molecule has 1 atom stereocenters. The van der Waals surface area contributed by atoms with Crippen molar-refractivity contribution >= 4 is 17.9 Å². The molecule has 0 amide bonds. The molecule has 0 bridgehead atoms. The Morgan fingerprint density at radius 2 is 0.618 bits per heavy atom. The molecule has 0 saturated carbocycles. The van der Waals surface area contributed by atoms with Gasteiger partial charge in [0.2, 0.25) is 0 Å². The van der Waals surface area contributed by atoms with E-state index >= 15 is 0 Å². The molecule has 0 fully saturated rings. The summed E-state index contributed by atoms with van der Waals surface area (Å²) in [5.74, 6) is -0.930. The number of rotatable bonds is 52. The van der Waals surface area contributed by atoms with E-state index in [0.29, 0.717) is 19.3 Å². The van der Waals surface area contributed by atoms with E-state index in [4.69, 9.17) is 14.2 Å². The van der Waals surface area contributed by atoms with Crippen LogP contribution in [0, 0.1) is 0 Å². The quantitative estimate of drug-likeness (QED) is 0.0199. The first kappa shape index (κ1) is 64.8. The molecule has 0 spiro atoms. The maximum atomic E-state index is 12.9. The molecule has 1 unspecified atom stereocenters. The molecular weight excluding hydrogens is 841 g/mol. The van der Waals surface area contributed by atoms with Gasteiger partial charge in [-0.25, -0.2) is 0 Å². The summed E-state index contributed by atoms with van der Waals surface area (Å²) in [5.41, 5.74) is 0. The average molecular weight is 950 g/mol. The Morgan fingerprint density at radius 1 is 0.324 bits per heavy atom. The lowest BCUT2D eigenvalue weighted by atomic mass is 10.1. The maximum Gasteiger partial charge on any atom is 0.306 e. The predicted octanol–water partition coefficient (Wildman–Crippen LogP) is 19.4. The molecule has 0 aromatic rings. The fraction of sp³-hybridized carbons (Fsp3) is 0.758. The zero-order chi connectivity index (χ0) is 49.3. The van der Waals surface area contributed by atoms with Crippen LogP contribution >= 0.6 is 0 Å². The highest BCUT2D eigenvalue weighted by molar-refractivity contribution is 5.71. The van der Waals surface area contributed by atoms with Crippen molar-refractivity contribution in [3.8, 4) is 0 Å². The van der Waals surface area contributed by atoms with Gasteiger partial charge in [0.15, 0.2) is 6.10 Å². The van der Waals surface area contributed by atoms with Crippen LogP contribution in [0.4, 0.5) is 0 Å². The zero-order valence-electron chi connectivity index (χ0n) is 44.9. The van der Waals surface area contributed by atoms with Crippen molar-refractivity contribution in [2.75, 3.05) is 13.2 Å². The molecule has 0 aromatic heterocycles. The van der Waals surface area contributed by atoms with E-state index in [9.17, 15) is 14.4 Å². The Balaban J connectivity index is 4.43. The number of ether oxygens (including phenoxy) is 3. The van der Waals surface area contributed by atoms with Crippen LogP contribution in [0.15, 0.2) is 72.9 Å².